The van der Waals surface area contributed by atoms with E-state index in [2.05, 4.69) is 17.0 Å². The van der Waals surface area contributed by atoms with Crippen molar-refractivity contribution in [3.63, 3.8) is 0 Å². The van der Waals surface area contributed by atoms with Gasteiger partial charge in [-0.15, -0.1) is 0 Å². The first-order valence-corrected chi connectivity index (χ1v) is 7.30. The predicted octanol–water partition coefficient (Wildman–Crippen LogP) is 3.59. The molecule has 2 aromatic rings. The highest BCUT2D eigenvalue weighted by molar-refractivity contribution is 5.70. The molecule has 3 rings (SSSR count). The molecule has 0 radical (unpaired) electrons. The van der Waals surface area contributed by atoms with Crippen LogP contribution in [-0.4, -0.2) is 31.6 Å². The van der Waals surface area contributed by atoms with Gasteiger partial charge in [0.2, 0.25) is 0 Å². The Balaban J connectivity index is 1.85. The summed E-state index contributed by atoms with van der Waals surface area (Å²) >= 11 is 0. The maximum absolute atomic E-state index is 5.58. The van der Waals surface area contributed by atoms with Gasteiger partial charge in [0, 0.05) is 6.54 Å². The molecule has 1 aromatic carbocycles. The summed E-state index contributed by atoms with van der Waals surface area (Å²) in [6.07, 6.45) is 5.42. The van der Waals surface area contributed by atoms with Gasteiger partial charge in [-0.3, -0.25) is 0 Å². The van der Waals surface area contributed by atoms with Crippen LogP contribution in [0.5, 0.6) is 5.75 Å². The van der Waals surface area contributed by atoms with E-state index in [1.165, 1.54) is 31.5 Å². The Kier molecular flexibility index (Phi) is 4.07. The zero-order valence-corrected chi connectivity index (χ0v) is 12.0. The van der Waals surface area contributed by atoms with Crippen LogP contribution in [0.3, 0.4) is 0 Å². The van der Waals surface area contributed by atoms with Crippen molar-refractivity contribution in [3.05, 3.63) is 42.2 Å². The van der Waals surface area contributed by atoms with E-state index >= 15 is 0 Å². The molecule has 2 heterocycles. The molecule has 0 saturated carbocycles. The van der Waals surface area contributed by atoms with E-state index in [4.69, 9.17) is 9.15 Å². The molecule has 0 N–H and O–H groups in total. The van der Waals surface area contributed by atoms with Gasteiger partial charge >= 0.3 is 0 Å². The summed E-state index contributed by atoms with van der Waals surface area (Å²) < 4.78 is 11.1. The second kappa shape index (κ2) is 6.14. The fourth-order valence-corrected chi connectivity index (χ4v) is 2.94. The number of hydrogen-bond donors (Lipinski definition) is 0. The molecule has 1 aliphatic rings. The van der Waals surface area contributed by atoms with Crippen molar-refractivity contribution >= 4 is 0 Å². The van der Waals surface area contributed by atoms with Crippen molar-refractivity contribution in [1.82, 2.24) is 4.90 Å². The third-order valence-electron chi connectivity index (χ3n) is 4.00. The average Bonchev–Trinajstić information content (AvgIpc) is 3.17. The molecule has 0 aliphatic carbocycles. The lowest BCUT2D eigenvalue weighted by molar-refractivity contribution is 0.343. The first kappa shape index (κ1) is 13.3. The lowest BCUT2D eigenvalue weighted by Crippen LogP contribution is -2.22. The summed E-state index contributed by atoms with van der Waals surface area (Å²) in [6.45, 7) is 3.58. The minimum atomic E-state index is 0.888. The van der Waals surface area contributed by atoms with E-state index in [1.54, 1.807) is 13.4 Å². The largest absolute Gasteiger partial charge is 0.496 e. The van der Waals surface area contributed by atoms with Crippen molar-refractivity contribution in [2.45, 2.75) is 19.3 Å². The smallest absolute Gasteiger partial charge is 0.137 e. The minimum Gasteiger partial charge on any atom is -0.496 e. The lowest BCUT2D eigenvalue weighted by Gasteiger charge is -2.17. The highest BCUT2D eigenvalue weighted by Crippen LogP contribution is 2.34. The molecule has 0 bridgehead atoms. The molecule has 0 amide bonds. The first-order chi connectivity index (χ1) is 9.88. The summed E-state index contributed by atoms with van der Waals surface area (Å²) in [7, 11) is 1.71. The van der Waals surface area contributed by atoms with Crippen LogP contribution in [0.15, 0.2) is 41.0 Å². The quantitative estimate of drug-likeness (QED) is 0.831. The molecule has 0 atom stereocenters. The van der Waals surface area contributed by atoms with E-state index in [1.807, 2.05) is 18.2 Å². The fourth-order valence-electron chi connectivity index (χ4n) is 2.94. The Morgan fingerprint density at radius 1 is 1.15 bits per heavy atom. The Morgan fingerprint density at radius 2 is 2.00 bits per heavy atom. The van der Waals surface area contributed by atoms with Crippen LogP contribution in [0, 0.1) is 0 Å². The van der Waals surface area contributed by atoms with E-state index in [9.17, 15) is 0 Å². The molecule has 1 aliphatic heterocycles. The third-order valence-corrected chi connectivity index (χ3v) is 4.00. The van der Waals surface area contributed by atoms with E-state index < -0.39 is 0 Å². The number of benzene rings is 1. The highest BCUT2D eigenvalue weighted by atomic mass is 16.5. The lowest BCUT2D eigenvalue weighted by atomic mass is 10.0. The normalized spacial score (nSPS) is 15.7. The highest BCUT2D eigenvalue weighted by Gasteiger charge is 2.16. The monoisotopic (exact) mass is 271 g/mol. The number of likely N-dealkylation sites (tertiary alicyclic amines) is 1. The Labute approximate surface area is 120 Å². The van der Waals surface area contributed by atoms with Crippen LogP contribution < -0.4 is 4.74 Å². The van der Waals surface area contributed by atoms with Gasteiger partial charge in [0.25, 0.3) is 0 Å². The molecule has 3 heteroatoms. The number of methoxy groups -OCH3 is 1. The summed E-state index contributed by atoms with van der Waals surface area (Å²) in [5, 5.41) is 0. The van der Waals surface area contributed by atoms with Gasteiger partial charge in [0.05, 0.1) is 18.9 Å². The molecular weight excluding hydrogens is 250 g/mol. The number of furan rings is 1. The van der Waals surface area contributed by atoms with Gasteiger partial charge in [-0.25, -0.2) is 0 Å². The Morgan fingerprint density at radius 3 is 2.70 bits per heavy atom. The minimum absolute atomic E-state index is 0.888. The Hall–Kier alpha value is -1.74. The van der Waals surface area contributed by atoms with Gasteiger partial charge in [-0.1, -0.05) is 12.1 Å². The molecule has 1 saturated heterocycles. The predicted molar refractivity (Wildman–Crippen MR) is 80.1 cm³/mol. The van der Waals surface area contributed by atoms with E-state index in [0.29, 0.717) is 0 Å². The van der Waals surface area contributed by atoms with Crippen LogP contribution in [0.4, 0.5) is 0 Å². The summed E-state index contributed by atoms with van der Waals surface area (Å²) in [5.41, 5.74) is 2.39. The SMILES string of the molecule is COc1cccc(CCN2CCCC2)c1-c1ccco1. The van der Waals surface area contributed by atoms with Crippen LogP contribution in [0.25, 0.3) is 11.3 Å². The van der Waals surface area contributed by atoms with Crippen molar-refractivity contribution in [1.29, 1.82) is 0 Å². The molecule has 1 fully saturated rings. The fraction of sp³-hybridized carbons (Fsp3) is 0.412. The molecule has 20 heavy (non-hydrogen) atoms. The summed E-state index contributed by atoms with van der Waals surface area (Å²) in [6, 6.07) is 10.2. The second-order valence-electron chi connectivity index (χ2n) is 5.27. The number of ether oxygens (including phenoxy) is 1. The molecule has 106 valence electrons. The molecule has 1 aromatic heterocycles. The zero-order valence-electron chi connectivity index (χ0n) is 12.0. The number of nitrogens with zero attached hydrogens (tertiary/aromatic N) is 1. The van der Waals surface area contributed by atoms with Gasteiger partial charge in [0.15, 0.2) is 0 Å². The van der Waals surface area contributed by atoms with Gasteiger partial charge in [0.1, 0.15) is 11.5 Å². The van der Waals surface area contributed by atoms with Gasteiger partial charge < -0.3 is 14.1 Å². The number of rotatable bonds is 5. The molecular formula is C17H21NO2. The molecule has 3 nitrogen and oxygen atoms in total. The van der Waals surface area contributed by atoms with Crippen molar-refractivity contribution in [2.24, 2.45) is 0 Å². The molecule has 0 spiro atoms. The van der Waals surface area contributed by atoms with Crippen LogP contribution in [0.1, 0.15) is 18.4 Å². The Bertz CT molecular complexity index is 542. The number of hydrogen-bond acceptors (Lipinski definition) is 3. The zero-order chi connectivity index (χ0) is 13.8. The van der Waals surface area contributed by atoms with Crippen LogP contribution in [-0.2, 0) is 6.42 Å². The maximum Gasteiger partial charge on any atom is 0.137 e. The van der Waals surface area contributed by atoms with E-state index in [-0.39, 0.29) is 0 Å². The molecule has 0 unspecified atom stereocenters. The second-order valence-corrected chi connectivity index (χ2v) is 5.27. The van der Waals surface area contributed by atoms with Crippen molar-refractivity contribution in [2.75, 3.05) is 26.7 Å². The van der Waals surface area contributed by atoms with Gasteiger partial charge in [-0.05, 0) is 56.1 Å². The topological polar surface area (TPSA) is 25.6 Å². The summed E-state index contributed by atoms with van der Waals surface area (Å²) in [5.74, 6) is 1.78. The third kappa shape index (κ3) is 2.73. The standard InChI is InChI=1S/C17H21NO2/c1-19-15-7-4-6-14(9-12-18-10-2-3-11-18)17(15)16-8-5-13-20-16/h4-8,13H,2-3,9-12H2,1H3. The summed E-state index contributed by atoms with van der Waals surface area (Å²) in [4.78, 5) is 2.53. The van der Waals surface area contributed by atoms with Crippen LogP contribution >= 0.6 is 0 Å². The maximum atomic E-state index is 5.58. The van der Waals surface area contributed by atoms with E-state index in [0.717, 1.165) is 30.0 Å². The van der Waals surface area contributed by atoms with Crippen molar-refractivity contribution < 1.29 is 9.15 Å². The average molecular weight is 271 g/mol. The van der Waals surface area contributed by atoms with Crippen LogP contribution in [0.2, 0.25) is 0 Å². The van der Waals surface area contributed by atoms with Crippen molar-refractivity contribution in [3.8, 4) is 17.1 Å². The van der Waals surface area contributed by atoms with Gasteiger partial charge in [-0.2, -0.15) is 0 Å². The first-order valence-electron chi connectivity index (χ1n) is 7.30.